The molecule has 0 radical (unpaired) electrons. The van der Waals surface area contributed by atoms with E-state index in [1.807, 2.05) is 0 Å². The lowest BCUT2D eigenvalue weighted by atomic mass is 9.69. The summed E-state index contributed by atoms with van der Waals surface area (Å²) in [6, 6.07) is 0.719. The Labute approximate surface area is 69.4 Å². The number of hydrogen-bond acceptors (Lipinski definition) is 0. The summed E-state index contributed by atoms with van der Waals surface area (Å²) in [4.78, 5) is 0. The van der Waals surface area contributed by atoms with Gasteiger partial charge in [0.05, 0.1) is 6.04 Å². The highest BCUT2D eigenvalue weighted by Crippen LogP contribution is 2.64. The molecule has 0 aromatic rings. The van der Waals surface area contributed by atoms with Crippen LogP contribution in [-0.2, 0) is 0 Å². The van der Waals surface area contributed by atoms with Crippen LogP contribution in [0.25, 0.3) is 0 Å². The zero-order valence-electron chi connectivity index (χ0n) is 7.98. The molecule has 1 nitrogen and oxygen atoms in total. The molecule has 3 atom stereocenters. The Hall–Kier alpha value is -0.0400. The molecule has 0 spiro atoms. The Balaban J connectivity index is 2.40. The van der Waals surface area contributed by atoms with Crippen LogP contribution in [0.2, 0.25) is 0 Å². The first-order valence-electron chi connectivity index (χ1n) is 4.81. The van der Waals surface area contributed by atoms with Crippen molar-refractivity contribution >= 4 is 0 Å². The fraction of sp³-hybridized carbons (Fsp3) is 1.00. The molecular formula is C10H20N+. The lowest BCUT2D eigenvalue weighted by Gasteiger charge is -2.35. The zero-order chi connectivity index (χ0) is 8.28. The third-order valence-corrected chi connectivity index (χ3v) is 4.97. The van der Waals surface area contributed by atoms with Crippen molar-refractivity contribution in [1.29, 1.82) is 0 Å². The van der Waals surface area contributed by atoms with Crippen LogP contribution in [0.3, 0.4) is 0 Å². The van der Waals surface area contributed by atoms with Gasteiger partial charge in [0.15, 0.2) is 0 Å². The molecule has 2 rings (SSSR count). The number of fused-ring (bicyclic) bond motifs is 2. The first kappa shape index (κ1) is 7.60. The van der Waals surface area contributed by atoms with E-state index in [1.54, 1.807) is 0 Å². The van der Waals surface area contributed by atoms with Gasteiger partial charge in [0.2, 0.25) is 0 Å². The zero-order valence-corrected chi connectivity index (χ0v) is 7.98. The molecule has 0 aromatic heterocycles. The maximum atomic E-state index is 4.29. The van der Waals surface area contributed by atoms with Crippen molar-refractivity contribution in [2.24, 2.45) is 16.7 Å². The maximum Gasteiger partial charge on any atom is 0.0905 e. The minimum absolute atomic E-state index is 0.553. The smallest absolute Gasteiger partial charge is 0.0905 e. The van der Waals surface area contributed by atoms with Gasteiger partial charge < -0.3 is 5.73 Å². The summed E-state index contributed by atoms with van der Waals surface area (Å²) < 4.78 is 0. The lowest BCUT2D eigenvalue weighted by Crippen LogP contribution is -2.67. The molecule has 2 saturated carbocycles. The van der Waals surface area contributed by atoms with E-state index < -0.39 is 0 Å². The summed E-state index contributed by atoms with van der Waals surface area (Å²) in [7, 11) is 0. The topological polar surface area (TPSA) is 27.6 Å². The number of rotatable bonds is 0. The van der Waals surface area contributed by atoms with Gasteiger partial charge in [-0.25, -0.2) is 0 Å². The molecule has 2 aliphatic rings. The van der Waals surface area contributed by atoms with Gasteiger partial charge in [-0.2, -0.15) is 0 Å². The van der Waals surface area contributed by atoms with E-state index in [0.29, 0.717) is 10.8 Å². The molecule has 2 aliphatic carbocycles. The van der Waals surface area contributed by atoms with E-state index >= 15 is 0 Å². The van der Waals surface area contributed by atoms with Crippen molar-refractivity contribution < 1.29 is 5.73 Å². The van der Waals surface area contributed by atoms with Crippen molar-refractivity contribution in [3.05, 3.63) is 0 Å². The van der Waals surface area contributed by atoms with Crippen LogP contribution in [0.4, 0.5) is 0 Å². The fourth-order valence-corrected chi connectivity index (χ4v) is 3.37. The van der Waals surface area contributed by atoms with Crippen LogP contribution in [0.1, 0.15) is 40.0 Å². The molecule has 0 amide bonds. The van der Waals surface area contributed by atoms with Gasteiger partial charge in [0, 0.05) is 11.8 Å². The second-order valence-electron chi connectivity index (χ2n) is 5.31. The fourth-order valence-electron chi connectivity index (χ4n) is 3.37. The van der Waals surface area contributed by atoms with Crippen molar-refractivity contribution in [2.75, 3.05) is 0 Å². The molecule has 64 valence electrons. The van der Waals surface area contributed by atoms with Gasteiger partial charge in [-0.1, -0.05) is 20.8 Å². The average Bonchev–Trinajstić information content (AvgIpc) is 2.20. The van der Waals surface area contributed by atoms with Gasteiger partial charge in [-0.3, -0.25) is 0 Å². The monoisotopic (exact) mass is 154 g/mol. The van der Waals surface area contributed by atoms with Crippen LogP contribution in [-0.4, -0.2) is 6.04 Å². The predicted molar refractivity (Wildman–Crippen MR) is 45.9 cm³/mol. The minimum Gasteiger partial charge on any atom is -0.355 e. The van der Waals surface area contributed by atoms with E-state index in [0.717, 1.165) is 12.0 Å². The van der Waals surface area contributed by atoms with Crippen LogP contribution < -0.4 is 5.73 Å². The van der Waals surface area contributed by atoms with Crippen LogP contribution in [0.15, 0.2) is 0 Å². The summed E-state index contributed by atoms with van der Waals surface area (Å²) in [5.74, 6) is 0.968. The normalized spacial score (nSPS) is 53.5. The third-order valence-electron chi connectivity index (χ3n) is 4.97. The van der Waals surface area contributed by atoms with E-state index in [2.05, 4.69) is 26.5 Å². The second kappa shape index (κ2) is 1.82. The highest BCUT2D eigenvalue weighted by Gasteiger charge is 2.62. The van der Waals surface area contributed by atoms with Crippen molar-refractivity contribution in [3.63, 3.8) is 0 Å². The second-order valence-corrected chi connectivity index (χ2v) is 5.31. The van der Waals surface area contributed by atoms with E-state index in [9.17, 15) is 0 Å². The van der Waals surface area contributed by atoms with Crippen molar-refractivity contribution in [2.45, 2.75) is 46.1 Å². The molecule has 11 heavy (non-hydrogen) atoms. The largest absolute Gasteiger partial charge is 0.355 e. The Morgan fingerprint density at radius 1 is 1.27 bits per heavy atom. The Morgan fingerprint density at radius 3 is 2.09 bits per heavy atom. The predicted octanol–water partition coefficient (Wildman–Crippen LogP) is 1.44. The molecule has 3 unspecified atom stereocenters. The first-order valence-corrected chi connectivity index (χ1v) is 4.81. The molecule has 2 bridgehead atoms. The summed E-state index contributed by atoms with van der Waals surface area (Å²) in [5.41, 5.74) is 5.41. The van der Waals surface area contributed by atoms with Gasteiger partial charge in [-0.15, -0.1) is 0 Å². The quantitative estimate of drug-likeness (QED) is 0.547. The summed E-state index contributed by atoms with van der Waals surface area (Å²) in [6.07, 6.45) is 4.25. The summed E-state index contributed by atoms with van der Waals surface area (Å²) >= 11 is 0. The third kappa shape index (κ3) is 0.658. The van der Waals surface area contributed by atoms with Gasteiger partial charge in [0.1, 0.15) is 0 Å². The minimum atomic E-state index is 0.553. The summed E-state index contributed by atoms with van der Waals surface area (Å²) in [5, 5.41) is 0. The van der Waals surface area contributed by atoms with Gasteiger partial charge in [-0.05, 0) is 24.2 Å². The Kier molecular flexibility index (Phi) is 1.26. The van der Waals surface area contributed by atoms with Crippen molar-refractivity contribution in [3.8, 4) is 0 Å². The van der Waals surface area contributed by atoms with Crippen LogP contribution in [0, 0.1) is 16.7 Å². The Morgan fingerprint density at radius 2 is 1.91 bits per heavy atom. The van der Waals surface area contributed by atoms with E-state index in [1.165, 1.54) is 19.3 Å². The highest BCUT2D eigenvalue weighted by atomic mass is 14.8. The summed E-state index contributed by atoms with van der Waals surface area (Å²) in [6.45, 7) is 7.32. The highest BCUT2D eigenvalue weighted by molar-refractivity contribution is 5.09. The molecule has 0 heterocycles. The molecule has 0 saturated heterocycles. The average molecular weight is 154 g/mol. The molecule has 0 aliphatic heterocycles. The molecule has 1 heteroatoms. The van der Waals surface area contributed by atoms with Gasteiger partial charge in [0.25, 0.3) is 0 Å². The molecular weight excluding hydrogens is 134 g/mol. The molecule has 3 N–H and O–H groups in total. The van der Waals surface area contributed by atoms with Crippen LogP contribution >= 0.6 is 0 Å². The number of hydrogen-bond donors (Lipinski definition) is 1. The number of quaternary nitrogens is 1. The van der Waals surface area contributed by atoms with Crippen molar-refractivity contribution in [1.82, 2.24) is 0 Å². The first-order chi connectivity index (χ1) is 4.98. The molecule has 0 aromatic carbocycles. The van der Waals surface area contributed by atoms with E-state index in [4.69, 9.17) is 0 Å². The SMILES string of the molecule is CC1(C)C2CCC1(C)C([NH3+])C2. The lowest BCUT2D eigenvalue weighted by molar-refractivity contribution is -0.446. The maximum absolute atomic E-state index is 4.29. The van der Waals surface area contributed by atoms with E-state index in [-0.39, 0.29) is 0 Å². The van der Waals surface area contributed by atoms with Crippen LogP contribution in [0.5, 0.6) is 0 Å². The molecule has 2 fully saturated rings. The Bertz CT molecular complexity index is 185. The van der Waals surface area contributed by atoms with Gasteiger partial charge >= 0.3 is 0 Å². The standard InChI is InChI=1S/C10H19N/c1-9(2)7-4-5-10(9,3)8(11)6-7/h7-8H,4-6,11H2,1-3H3/p+1.